The summed E-state index contributed by atoms with van der Waals surface area (Å²) in [4.78, 5) is 6.59. The summed E-state index contributed by atoms with van der Waals surface area (Å²) >= 11 is 0. The van der Waals surface area contributed by atoms with Gasteiger partial charge in [-0.3, -0.25) is 9.88 Å². The average Bonchev–Trinajstić information content (AvgIpc) is 2.47. The van der Waals surface area contributed by atoms with Crippen LogP contribution in [0, 0.1) is 0 Å². The number of hydrogen-bond donors (Lipinski definition) is 1. The Morgan fingerprint density at radius 3 is 2.55 bits per heavy atom. The SMILES string of the molecule is CCC(C)N(Cc1cccnc1)Cc1cccc(O)c1. The molecule has 0 saturated heterocycles. The van der Waals surface area contributed by atoms with Crippen LogP contribution in [0.1, 0.15) is 31.4 Å². The Morgan fingerprint density at radius 2 is 1.90 bits per heavy atom. The third-order valence-electron chi connectivity index (χ3n) is 3.62. The van der Waals surface area contributed by atoms with Crippen LogP contribution < -0.4 is 0 Å². The van der Waals surface area contributed by atoms with Crippen LogP contribution in [0.2, 0.25) is 0 Å². The van der Waals surface area contributed by atoms with Crippen molar-refractivity contribution in [3.8, 4) is 5.75 Å². The highest BCUT2D eigenvalue weighted by atomic mass is 16.3. The summed E-state index contributed by atoms with van der Waals surface area (Å²) in [6.07, 6.45) is 4.81. The second-order valence-corrected chi connectivity index (χ2v) is 5.19. The maximum absolute atomic E-state index is 9.58. The monoisotopic (exact) mass is 270 g/mol. The lowest BCUT2D eigenvalue weighted by Gasteiger charge is -2.28. The standard InChI is InChI=1S/C17H22N2O/c1-3-14(2)19(13-16-7-5-9-18-11-16)12-15-6-4-8-17(20)10-15/h4-11,14,20H,3,12-13H2,1-2H3. The lowest BCUT2D eigenvalue weighted by atomic mass is 10.1. The lowest BCUT2D eigenvalue weighted by molar-refractivity contribution is 0.186. The molecule has 1 aromatic heterocycles. The number of aromatic hydroxyl groups is 1. The molecule has 1 N–H and O–H groups in total. The van der Waals surface area contributed by atoms with Crippen LogP contribution >= 0.6 is 0 Å². The van der Waals surface area contributed by atoms with Crippen LogP contribution in [0.4, 0.5) is 0 Å². The van der Waals surface area contributed by atoms with Gasteiger partial charge in [0.05, 0.1) is 0 Å². The van der Waals surface area contributed by atoms with Crippen molar-refractivity contribution in [3.05, 3.63) is 59.9 Å². The molecule has 0 aliphatic rings. The first-order chi connectivity index (χ1) is 9.69. The van der Waals surface area contributed by atoms with Crippen LogP contribution in [0.25, 0.3) is 0 Å². The number of benzene rings is 1. The van der Waals surface area contributed by atoms with Crippen molar-refractivity contribution in [2.24, 2.45) is 0 Å². The predicted molar refractivity (Wildman–Crippen MR) is 81.3 cm³/mol. The van der Waals surface area contributed by atoms with E-state index in [1.807, 2.05) is 24.4 Å². The Labute approximate surface area is 120 Å². The van der Waals surface area contributed by atoms with Crippen molar-refractivity contribution in [2.75, 3.05) is 0 Å². The first-order valence-corrected chi connectivity index (χ1v) is 7.10. The zero-order chi connectivity index (χ0) is 14.4. The Bertz CT molecular complexity index is 528. The van der Waals surface area contributed by atoms with Gasteiger partial charge in [0.25, 0.3) is 0 Å². The fraction of sp³-hybridized carbons (Fsp3) is 0.353. The van der Waals surface area contributed by atoms with Gasteiger partial charge in [-0.25, -0.2) is 0 Å². The highest BCUT2D eigenvalue weighted by Gasteiger charge is 2.13. The molecule has 3 heteroatoms. The van der Waals surface area contributed by atoms with E-state index < -0.39 is 0 Å². The summed E-state index contributed by atoms with van der Waals surface area (Å²) in [5.41, 5.74) is 2.35. The van der Waals surface area contributed by atoms with Gasteiger partial charge < -0.3 is 5.11 Å². The normalized spacial score (nSPS) is 12.6. The molecule has 2 rings (SSSR count). The van der Waals surface area contributed by atoms with Crippen LogP contribution in [-0.4, -0.2) is 21.0 Å². The van der Waals surface area contributed by atoms with Gasteiger partial charge >= 0.3 is 0 Å². The Balaban J connectivity index is 2.11. The minimum atomic E-state index is 0.327. The molecule has 0 amide bonds. The fourth-order valence-corrected chi connectivity index (χ4v) is 2.24. The first kappa shape index (κ1) is 14.5. The van der Waals surface area contributed by atoms with Gasteiger partial charge in [0.2, 0.25) is 0 Å². The summed E-state index contributed by atoms with van der Waals surface area (Å²) < 4.78 is 0. The molecular weight excluding hydrogens is 248 g/mol. The van der Waals surface area contributed by atoms with E-state index in [9.17, 15) is 5.11 Å². The van der Waals surface area contributed by atoms with Crippen molar-refractivity contribution < 1.29 is 5.11 Å². The molecule has 0 aliphatic heterocycles. The van der Waals surface area contributed by atoms with Crippen molar-refractivity contribution >= 4 is 0 Å². The number of rotatable bonds is 6. The van der Waals surface area contributed by atoms with Gasteiger partial charge in [-0.15, -0.1) is 0 Å². The van der Waals surface area contributed by atoms with Gasteiger partial charge in [0.15, 0.2) is 0 Å². The van der Waals surface area contributed by atoms with E-state index in [1.165, 1.54) is 5.56 Å². The molecule has 20 heavy (non-hydrogen) atoms. The fourth-order valence-electron chi connectivity index (χ4n) is 2.24. The number of phenolic OH excluding ortho intramolecular Hbond substituents is 1. The molecule has 2 aromatic rings. The van der Waals surface area contributed by atoms with Crippen molar-refractivity contribution in [1.82, 2.24) is 9.88 Å². The van der Waals surface area contributed by atoms with Crippen molar-refractivity contribution in [3.63, 3.8) is 0 Å². The number of aromatic nitrogens is 1. The average molecular weight is 270 g/mol. The van der Waals surface area contributed by atoms with E-state index in [0.717, 1.165) is 25.1 Å². The zero-order valence-corrected chi connectivity index (χ0v) is 12.2. The van der Waals surface area contributed by atoms with Crippen LogP contribution in [0.3, 0.4) is 0 Å². The molecule has 0 aliphatic carbocycles. The molecular formula is C17H22N2O. The maximum atomic E-state index is 9.58. The zero-order valence-electron chi connectivity index (χ0n) is 12.2. The molecule has 1 aromatic carbocycles. The third kappa shape index (κ3) is 4.07. The number of hydrogen-bond acceptors (Lipinski definition) is 3. The smallest absolute Gasteiger partial charge is 0.115 e. The molecule has 1 heterocycles. The Kier molecular flexibility index (Phi) is 5.13. The third-order valence-corrected chi connectivity index (χ3v) is 3.62. The van der Waals surface area contributed by atoms with E-state index in [-0.39, 0.29) is 0 Å². The van der Waals surface area contributed by atoms with Crippen molar-refractivity contribution in [1.29, 1.82) is 0 Å². The largest absolute Gasteiger partial charge is 0.508 e. The minimum absolute atomic E-state index is 0.327. The molecule has 0 spiro atoms. The van der Waals surface area contributed by atoms with Gasteiger partial charge in [0, 0.05) is 31.5 Å². The highest BCUT2D eigenvalue weighted by Crippen LogP contribution is 2.17. The second kappa shape index (κ2) is 7.06. The first-order valence-electron chi connectivity index (χ1n) is 7.10. The summed E-state index contributed by atoms with van der Waals surface area (Å²) in [6, 6.07) is 12.0. The quantitative estimate of drug-likeness (QED) is 0.871. The topological polar surface area (TPSA) is 36.4 Å². The summed E-state index contributed by atoms with van der Waals surface area (Å²) in [7, 11) is 0. The Hall–Kier alpha value is -1.87. The van der Waals surface area contributed by atoms with E-state index in [0.29, 0.717) is 11.8 Å². The molecule has 0 saturated carbocycles. The molecule has 1 atom stereocenters. The molecule has 106 valence electrons. The Morgan fingerprint density at radius 1 is 1.15 bits per heavy atom. The number of phenols is 1. The second-order valence-electron chi connectivity index (χ2n) is 5.19. The number of pyridine rings is 1. The number of nitrogens with zero attached hydrogens (tertiary/aromatic N) is 2. The maximum Gasteiger partial charge on any atom is 0.115 e. The molecule has 0 radical (unpaired) electrons. The molecule has 3 nitrogen and oxygen atoms in total. The molecule has 1 unspecified atom stereocenters. The summed E-state index contributed by atoms with van der Waals surface area (Å²) in [5, 5.41) is 9.58. The minimum Gasteiger partial charge on any atom is -0.508 e. The van der Waals surface area contributed by atoms with Gasteiger partial charge in [-0.1, -0.05) is 25.1 Å². The van der Waals surface area contributed by atoms with Crippen molar-refractivity contribution in [2.45, 2.75) is 39.4 Å². The summed E-state index contributed by atoms with van der Waals surface area (Å²) in [6.45, 7) is 6.14. The van der Waals surface area contributed by atoms with E-state index in [1.54, 1.807) is 12.3 Å². The summed E-state index contributed by atoms with van der Waals surface area (Å²) in [5.74, 6) is 0.327. The van der Waals surface area contributed by atoms with Crippen LogP contribution in [-0.2, 0) is 13.1 Å². The van der Waals surface area contributed by atoms with E-state index >= 15 is 0 Å². The lowest BCUT2D eigenvalue weighted by Crippen LogP contribution is -2.31. The van der Waals surface area contributed by atoms with Gasteiger partial charge in [-0.2, -0.15) is 0 Å². The van der Waals surface area contributed by atoms with Crippen LogP contribution in [0.15, 0.2) is 48.8 Å². The van der Waals surface area contributed by atoms with E-state index in [2.05, 4.69) is 35.9 Å². The predicted octanol–water partition coefficient (Wildman–Crippen LogP) is 3.59. The van der Waals surface area contributed by atoms with Crippen LogP contribution in [0.5, 0.6) is 5.75 Å². The molecule has 0 fully saturated rings. The highest BCUT2D eigenvalue weighted by molar-refractivity contribution is 5.27. The van der Waals surface area contributed by atoms with E-state index in [4.69, 9.17) is 0 Å². The van der Waals surface area contributed by atoms with Gasteiger partial charge in [0.1, 0.15) is 5.75 Å². The molecule has 0 bridgehead atoms. The van der Waals surface area contributed by atoms with Gasteiger partial charge in [-0.05, 0) is 42.7 Å².